The number of nitrogens with zero attached hydrogens (tertiary/aromatic N) is 2. The Morgan fingerprint density at radius 2 is 1.07 bits per heavy atom. The van der Waals surface area contributed by atoms with Crippen LogP contribution in [0.3, 0.4) is 0 Å². The van der Waals surface area contributed by atoms with Crippen molar-refractivity contribution in [1.29, 1.82) is 0 Å². The van der Waals surface area contributed by atoms with Gasteiger partial charge in [-0.3, -0.25) is 14.6 Å². The van der Waals surface area contributed by atoms with Crippen LogP contribution in [0, 0.1) is 5.92 Å². The molecule has 1 saturated heterocycles. The number of aliphatic carboxylic acids is 2. The Labute approximate surface area is 258 Å². The van der Waals surface area contributed by atoms with Crippen molar-refractivity contribution in [3.05, 3.63) is 11.8 Å². The van der Waals surface area contributed by atoms with E-state index in [1.165, 1.54) is 0 Å². The lowest BCUT2D eigenvalue weighted by Crippen LogP contribution is -2.45. The van der Waals surface area contributed by atoms with Crippen molar-refractivity contribution in [2.24, 2.45) is 5.92 Å². The molecule has 2 N–H and O–H groups in total. The van der Waals surface area contributed by atoms with Crippen molar-refractivity contribution in [3.63, 3.8) is 0 Å². The molecule has 2 aliphatic heterocycles. The summed E-state index contributed by atoms with van der Waals surface area (Å²) in [5, 5.41) is 18.2. The van der Waals surface area contributed by atoms with E-state index in [0.717, 1.165) is 16.0 Å². The Hall–Kier alpha value is -3.84. The van der Waals surface area contributed by atoms with Crippen LogP contribution in [-0.2, 0) is 38.1 Å². The topological polar surface area (TPSA) is 186 Å². The number of ether oxygens (including phenoxy) is 4. The molecule has 0 aromatic heterocycles. The monoisotopic (exact) mass is 628 g/mol. The molecule has 0 bridgehead atoms. The summed E-state index contributed by atoms with van der Waals surface area (Å²) < 4.78 is 21.0. The summed E-state index contributed by atoms with van der Waals surface area (Å²) in [6.45, 7) is 20.4. The van der Waals surface area contributed by atoms with Crippen molar-refractivity contribution in [2.75, 3.05) is 6.54 Å². The number of carboxylic acid groups (broad SMARTS) is 2. The Morgan fingerprint density at radius 1 is 0.659 bits per heavy atom. The SMILES string of the molecule is CC(C)(C)OC(=O)[C@@H]1CC(C(=O)O)=CN1C(=O)OC(C)(C)C.CC(C)(C)OC(=O)[C@@H]1C[C@H](C(=O)O)CN1C(=O)OC(C)(C)C. The molecule has 14 nitrogen and oxygen atoms in total. The molecule has 3 atom stereocenters. The molecule has 2 aliphatic rings. The van der Waals surface area contributed by atoms with Crippen LogP contribution in [0.2, 0.25) is 0 Å². The van der Waals surface area contributed by atoms with Crippen LogP contribution in [0.1, 0.15) is 95.9 Å². The fourth-order valence-corrected chi connectivity index (χ4v) is 3.95. The summed E-state index contributed by atoms with van der Waals surface area (Å²) in [5.74, 6) is -4.29. The predicted octanol–water partition coefficient (Wildman–Crippen LogP) is 4.34. The summed E-state index contributed by atoms with van der Waals surface area (Å²) in [7, 11) is 0. The second-order valence-electron chi connectivity index (χ2n) is 14.6. The molecular formula is C30H48N2O12. The summed E-state index contributed by atoms with van der Waals surface area (Å²) in [6.07, 6.45) is -0.426. The highest BCUT2D eigenvalue weighted by Crippen LogP contribution is 2.29. The van der Waals surface area contributed by atoms with E-state index in [-0.39, 0.29) is 25.0 Å². The molecule has 0 saturated carbocycles. The Balaban J connectivity index is 0.000000440. The van der Waals surface area contributed by atoms with E-state index in [1.807, 2.05) is 0 Å². The molecule has 44 heavy (non-hydrogen) atoms. The predicted molar refractivity (Wildman–Crippen MR) is 156 cm³/mol. The van der Waals surface area contributed by atoms with Crippen LogP contribution in [0.5, 0.6) is 0 Å². The van der Waals surface area contributed by atoms with Gasteiger partial charge in [-0.1, -0.05) is 0 Å². The molecule has 250 valence electrons. The van der Waals surface area contributed by atoms with Crippen LogP contribution >= 0.6 is 0 Å². The highest BCUT2D eigenvalue weighted by molar-refractivity contribution is 5.93. The quantitative estimate of drug-likeness (QED) is 0.332. The molecule has 1 fully saturated rings. The third-order valence-corrected chi connectivity index (χ3v) is 5.56. The minimum absolute atomic E-state index is 0.0312. The van der Waals surface area contributed by atoms with Gasteiger partial charge < -0.3 is 29.2 Å². The number of carboxylic acids is 2. The van der Waals surface area contributed by atoms with E-state index in [4.69, 9.17) is 29.2 Å². The first kappa shape index (κ1) is 38.2. The maximum absolute atomic E-state index is 12.2. The Morgan fingerprint density at radius 3 is 1.45 bits per heavy atom. The van der Waals surface area contributed by atoms with Crippen LogP contribution in [0.15, 0.2) is 11.8 Å². The molecular weight excluding hydrogens is 580 g/mol. The fraction of sp³-hybridized carbons (Fsp3) is 0.733. The van der Waals surface area contributed by atoms with E-state index < -0.39 is 76.5 Å². The minimum Gasteiger partial charge on any atom is -0.481 e. The van der Waals surface area contributed by atoms with Crippen molar-refractivity contribution in [2.45, 2.75) is 130 Å². The first-order valence-corrected chi connectivity index (χ1v) is 14.2. The largest absolute Gasteiger partial charge is 0.481 e. The van der Waals surface area contributed by atoms with Crippen molar-refractivity contribution >= 4 is 36.1 Å². The van der Waals surface area contributed by atoms with E-state index in [1.54, 1.807) is 83.1 Å². The van der Waals surface area contributed by atoms with Crippen LogP contribution in [0.25, 0.3) is 0 Å². The molecule has 0 aromatic rings. The number of hydrogen-bond acceptors (Lipinski definition) is 10. The highest BCUT2D eigenvalue weighted by atomic mass is 16.6. The van der Waals surface area contributed by atoms with Crippen molar-refractivity contribution in [3.8, 4) is 0 Å². The molecule has 0 unspecified atom stereocenters. The second kappa shape index (κ2) is 13.9. The number of carbonyl (C=O) groups excluding carboxylic acids is 4. The third kappa shape index (κ3) is 12.8. The first-order valence-electron chi connectivity index (χ1n) is 14.2. The maximum Gasteiger partial charge on any atom is 0.415 e. The number of hydrogen-bond donors (Lipinski definition) is 2. The lowest BCUT2D eigenvalue weighted by Gasteiger charge is -2.29. The lowest BCUT2D eigenvalue weighted by molar-refractivity contribution is -0.161. The smallest absolute Gasteiger partial charge is 0.415 e. The zero-order valence-electron chi connectivity index (χ0n) is 27.8. The normalized spacial score (nSPS) is 20.5. The number of amides is 2. The number of esters is 2. The molecule has 0 aromatic carbocycles. The summed E-state index contributed by atoms with van der Waals surface area (Å²) in [6, 6.07) is -1.96. The standard InChI is InChI=1S/C15H25NO6.C15H23NO6/c2*1-14(2,3)21-12(19)10-7-9(11(17)18)8-16(10)13(20)22-15(4,5)6/h9-10H,7-8H2,1-6H3,(H,17,18);8,10H,7H2,1-6H3,(H,17,18)/t9-,10-;10-/m00/s1. The van der Waals surface area contributed by atoms with Gasteiger partial charge in [-0.05, 0) is 89.5 Å². The molecule has 0 spiro atoms. The summed E-state index contributed by atoms with van der Waals surface area (Å²) in [4.78, 5) is 73.3. The molecule has 14 heteroatoms. The average molecular weight is 629 g/mol. The van der Waals surface area contributed by atoms with Crippen molar-refractivity contribution in [1.82, 2.24) is 9.80 Å². The number of rotatable bonds is 4. The van der Waals surface area contributed by atoms with Gasteiger partial charge in [-0.15, -0.1) is 0 Å². The van der Waals surface area contributed by atoms with Gasteiger partial charge >= 0.3 is 36.1 Å². The average Bonchev–Trinajstić information content (AvgIpc) is 3.41. The van der Waals surface area contributed by atoms with Gasteiger partial charge in [0.05, 0.1) is 11.5 Å². The minimum atomic E-state index is -1.18. The molecule has 0 radical (unpaired) electrons. The van der Waals surface area contributed by atoms with Crippen LogP contribution in [0.4, 0.5) is 9.59 Å². The fourth-order valence-electron chi connectivity index (χ4n) is 3.95. The second-order valence-corrected chi connectivity index (χ2v) is 14.6. The first-order chi connectivity index (χ1) is 19.6. The van der Waals surface area contributed by atoms with E-state index in [0.29, 0.717) is 0 Å². The van der Waals surface area contributed by atoms with E-state index in [9.17, 15) is 28.8 Å². The van der Waals surface area contributed by atoms with Crippen molar-refractivity contribution < 1.29 is 57.9 Å². The Kier molecular flexibility index (Phi) is 12.0. The Bertz CT molecular complexity index is 1080. The zero-order chi connectivity index (χ0) is 34.6. The number of carbonyl (C=O) groups is 6. The van der Waals surface area contributed by atoms with Gasteiger partial charge in [0.15, 0.2) is 0 Å². The lowest BCUT2D eigenvalue weighted by atomic mass is 10.1. The van der Waals surface area contributed by atoms with Crippen LogP contribution < -0.4 is 0 Å². The highest BCUT2D eigenvalue weighted by Gasteiger charge is 2.46. The zero-order valence-corrected chi connectivity index (χ0v) is 27.8. The summed E-state index contributed by atoms with van der Waals surface area (Å²) >= 11 is 0. The molecule has 0 aliphatic carbocycles. The van der Waals surface area contributed by atoms with Gasteiger partial charge in [0.1, 0.15) is 34.5 Å². The molecule has 2 amide bonds. The van der Waals surface area contributed by atoms with Crippen LogP contribution in [-0.4, -0.2) is 97.1 Å². The third-order valence-electron chi connectivity index (χ3n) is 5.56. The van der Waals surface area contributed by atoms with Gasteiger partial charge in [0, 0.05) is 19.2 Å². The molecule has 2 rings (SSSR count). The van der Waals surface area contributed by atoms with E-state index >= 15 is 0 Å². The maximum atomic E-state index is 12.2. The molecule has 2 heterocycles. The van der Waals surface area contributed by atoms with Gasteiger partial charge in [0.25, 0.3) is 0 Å². The van der Waals surface area contributed by atoms with Gasteiger partial charge in [0.2, 0.25) is 0 Å². The van der Waals surface area contributed by atoms with E-state index in [2.05, 4.69) is 0 Å². The number of likely N-dealkylation sites (tertiary alicyclic amines) is 1. The van der Waals surface area contributed by atoms with Gasteiger partial charge in [-0.2, -0.15) is 0 Å². The summed E-state index contributed by atoms with van der Waals surface area (Å²) in [5.41, 5.74) is -2.96. The van der Waals surface area contributed by atoms with Gasteiger partial charge in [-0.25, -0.2) is 24.0 Å².